The Bertz CT molecular complexity index is 1540. The molecule has 0 bridgehead atoms. The first-order valence-electron chi connectivity index (χ1n) is 10.8. The summed E-state index contributed by atoms with van der Waals surface area (Å²) in [4.78, 5) is 31.8. The van der Waals surface area contributed by atoms with Gasteiger partial charge in [-0.05, 0) is 55.3 Å². The van der Waals surface area contributed by atoms with Gasteiger partial charge in [0.05, 0.1) is 35.6 Å². The largest absolute Gasteiger partial charge is 0.497 e. The smallest absolute Gasteiger partial charge is 0.338 e. The number of thiazole rings is 1. The average Bonchev–Trinajstić information content (AvgIpc) is 3.42. The zero-order valence-corrected chi connectivity index (χ0v) is 21.6. The van der Waals surface area contributed by atoms with Crippen LogP contribution in [0, 0.1) is 0 Å². The SMILES string of the molecule is CCOC(=O)C1=C(C)N=c2sc(=Cc3cc4c(cc3Br)OCO4)c(=O)n2C1c1ccc(OC)cc1. The molecule has 2 aliphatic rings. The van der Waals surface area contributed by atoms with Gasteiger partial charge in [-0.1, -0.05) is 39.4 Å². The van der Waals surface area contributed by atoms with E-state index in [9.17, 15) is 9.59 Å². The van der Waals surface area contributed by atoms with Gasteiger partial charge in [0.25, 0.3) is 5.56 Å². The van der Waals surface area contributed by atoms with Crippen molar-refractivity contribution in [2.75, 3.05) is 20.5 Å². The molecule has 0 fully saturated rings. The summed E-state index contributed by atoms with van der Waals surface area (Å²) in [6.07, 6.45) is 1.78. The summed E-state index contributed by atoms with van der Waals surface area (Å²) >= 11 is 4.81. The molecule has 0 saturated heterocycles. The number of allylic oxidation sites excluding steroid dienone is 1. The summed E-state index contributed by atoms with van der Waals surface area (Å²) in [5.74, 6) is 1.43. The van der Waals surface area contributed by atoms with Gasteiger partial charge in [-0.3, -0.25) is 9.36 Å². The molecule has 1 atom stereocenters. The predicted molar refractivity (Wildman–Crippen MR) is 134 cm³/mol. The number of hydrogen-bond donors (Lipinski definition) is 0. The molecule has 2 aromatic carbocycles. The van der Waals surface area contributed by atoms with E-state index in [1.165, 1.54) is 11.3 Å². The molecule has 1 aromatic heterocycles. The van der Waals surface area contributed by atoms with E-state index in [0.717, 1.165) is 15.6 Å². The Morgan fingerprint density at radius 1 is 1.26 bits per heavy atom. The van der Waals surface area contributed by atoms with Crippen molar-refractivity contribution in [2.24, 2.45) is 4.99 Å². The number of ether oxygens (including phenoxy) is 4. The van der Waals surface area contributed by atoms with Crippen molar-refractivity contribution in [3.05, 3.63) is 83.0 Å². The normalized spacial score (nSPS) is 16.7. The minimum atomic E-state index is -0.682. The number of carbonyl (C=O) groups is 1. The van der Waals surface area contributed by atoms with E-state index in [4.69, 9.17) is 18.9 Å². The van der Waals surface area contributed by atoms with Crippen molar-refractivity contribution < 1.29 is 23.7 Å². The van der Waals surface area contributed by atoms with Gasteiger partial charge in [-0.2, -0.15) is 0 Å². The van der Waals surface area contributed by atoms with E-state index >= 15 is 0 Å². The number of esters is 1. The Kier molecular flexibility index (Phi) is 6.24. The van der Waals surface area contributed by atoms with E-state index < -0.39 is 12.0 Å². The van der Waals surface area contributed by atoms with Crippen LogP contribution in [0.4, 0.5) is 0 Å². The van der Waals surface area contributed by atoms with Crippen LogP contribution >= 0.6 is 27.3 Å². The Labute approximate surface area is 212 Å². The molecule has 0 spiro atoms. The van der Waals surface area contributed by atoms with Gasteiger partial charge in [0.2, 0.25) is 6.79 Å². The summed E-state index contributed by atoms with van der Waals surface area (Å²) in [5.41, 5.74) is 2.11. The fourth-order valence-electron chi connectivity index (χ4n) is 4.08. The molecule has 5 rings (SSSR count). The zero-order chi connectivity index (χ0) is 24.7. The van der Waals surface area contributed by atoms with Crippen LogP contribution in [0.25, 0.3) is 6.08 Å². The number of nitrogens with zero attached hydrogens (tertiary/aromatic N) is 2. The van der Waals surface area contributed by atoms with Gasteiger partial charge in [-0.25, -0.2) is 9.79 Å². The molecule has 0 aliphatic carbocycles. The van der Waals surface area contributed by atoms with Crippen molar-refractivity contribution in [1.29, 1.82) is 0 Å². The van der Waals surface area contributed by atoms with Crippen LogP contribution in [-0.4, -0.2) is 31.0 Å². The molecule has 3 heterocycles. The van der Waals surface area contributed by atoms with Crippen LogP contribution in [-0.2, 0) is 9.53 Å². The predicted octanol–water partition coefficient (Wildman–Crippen LogP) is 3.30. The molecule has 35 heavy (non-hydrogen) atoms. The first-order valence-corrected chi connectivity index (χ1v) is 12.4. The van der Waals surface area contributed by atoms with Crippen LogP contribution in [0.2, 0.25) is 0 Å². The molecule has 1 unspecified atom stereocenters. The van der Waals surface area contributed by atoms with Crippen LogP contribution in [0.15, 0.2) is 61.9 Å². The lowest BCUT2D eigenvalue weighted by Crippen LogP contribution is -2.39. The van der Waals surface area contributed by atoms with Gasteiger partial charge in [0.15, 0.2) is 16.3 Å². The summed E-state index contributed by atoms with van der Waals surface area (Å²) < 4.78 is 24.3. The lowest BCUT2D eigenvalue weighted by Gasteiger charge is -2.24. The van der Waals surface area contributed by atoms with Gasteiger partial charge in [0.1, 0.15) is 5.75 Å². The number of fused-ring (bicyclic) bond motifs is 2. The van der Waals surface area contributed by atoms with Crippen molar-refractivity contribution in [2.45, 2.75) is 19.9 Å². The topological polar surface area (TPSA) is 88.4 Å². The monoisotopic (exact) mass is 556 g/mol. The summed E-state index contributed by atoms with van der Waals surface area (Å²) in [6.45, 7) is 3.88. The minimum Gasteiger partial charge on any atom is -0.497 e. The Balaban J connectivity index is 1.70. The molecule has 180 valence electrons. The highest BCUT2D eigenvalue weighted by molar-refractivity contribution is 9.10. The number of benzene rings is 2. The highest BCUT2D eigenvalue weighted by atomic mass is 79.9. The third-order valence-corrected chi connectivity index (χ3v) is 7.40. The highest BCUT2D eigenvalue weighted by Gasteiger charge is 2.33. The van der Waals surface area contributed by atoms with Gasteiger partial charge >= 0.3 is 5.97 Å². The first-order chi connectivity index (χ1) is 16.9. The van der Waals surface area contributed by atoms with Gasteiger partial charge in [-0.15, -0.1) is 0 Å². The second-order valence-corrected chi connectivity index (χ2v) is 9.67. The maximum atomic E-state index is 13.7. The van der Waals surface area contributed by atoms with E-state index in [0.29, 0.717) is 37.9 Å². The molecule has 10 heteroatoms. The number of methoxy groups -OCH3 is 1. The summed E-state index contributed by atoms with van der Waals surface area (Å²) in [6, 6.07) is 10.2. The van der Waals surface area contributed by atoms with E-state index in [2.05, 4.69) is 20.9 Å². The number of halogens is 1. The third-order valence-electron chi connectivity index (χ3n) is 5.73. The minimum absolute atomic E-state index is 0.158. The molecule has 3 aromatic rings. The van der Waals surface area contributed by atoms with Crippen molar-refractivity contribution in [3.8, 4) is 17.2 Å². The maximum absolute atomic E-state index is 13.7. The number of rotatable bonds is 5. The molecule has 0 saturated carbocycles. The molecule has 0 N–H and O–H groups in total. The Hall–Kier alpha value is -3.37. The number of hydrogen-bond acceptors (Lipinski definition) is 8. The molecular weight excluding hydrogens is 536 g/mol. The van der Waals surface area contributed by atoms with Crippen molar-refractivity contribution in [3.63, 3.8) is 0 Å². The molecule has 8 nitrogen and oxygen atoms in total. The fraction of sp³-hybridized carbons (Fsp3) is 0.240. The van der Waals surface area contributed by atoms with E-state index in [-0.39, 0.29) is 19.0 Å². The van der Waals surface area contributed by atoms with Crippen LogP contribution < -0.4 is 29.1 Å². The summed E-state index contributed by atoms with van der Waals surface area (Å²) in [5, 5.41) is 0. The van der Waals surface area contributed by atoms with Crippen LogP contribution in [0.1, 0.15) is 31.0 Å². The molecule has 0 radical (unpaired) electrons. The Morgan fingerprint density at radius 3 is 2.66 bits per heavy atom. The third kappa shape index (κ3) is 4.17. The fourth-order valence-corrected chi connectivity index (χ4v) is 5.55. The van der Waals surface area contributed by atoms with Crippen LogP contribution in [0.5, 0.6) is 17.2 Å². The molecular formula is C25H21BrN2O6S. The molecule has 2 aliphatic heterocycles. The number of aromatic nitrogens is 1. The highest BCUT2D eigenvalue weighted by Crippen LogP contribution is 2.37. The van der Waals surface area contributed by atoms with E-state index in [1.807, 2.05) is 24.3 Å². The maximum Gasteiger partial charge on any atom is 0.338 e. The van der Waals surface area contributed by atoms with Crippen molar-refractivity contribution in [1.82, 2.24) is 4.57 Å². The quantitative estimate of drug-likeness (QED) is 0.448. The van der Waals surface area contributed by atoms with E-state index in [1.54, 1.807) is 43.7 Å². The zero-order valence-electron chi connectivity index (χ0n) is 19.2. The lowest BCUT2D eigenvalue weighted by atomic mass is 9.96. The standard InChI is InChI=1S/C25H21BrN2O6S/c1-4-32-24(30)21-13(2)27-25-28(22(21)14-5-7-16(31-3)8-6-14)23(29)20(35-25)10-15-9-18-19(11-17(15)26)34-12-33-18/h5-11,22H,4,12H2,1-3H3. The molecule has 0 amide bonds. The average molecular weight is 557 g/mol. The van der Waals surface area contributed by atoms with Gasteiger partial charge in [0, 0.05) is 4.47 Å². The second-order valence-electron chi connectivity index (χ2n) is 7.80. The second kappa shape index (κ2) is 9.35. The Morgan fingerprint density at radius 2 is 1.97 bits per heavy atom. The van der Waals surface area contributed by atoms with Crippen LogP contribution in [0.3, 0.4) is 0 Å². The lowest BCUT2D eigenvalue weighted by molar-refractivity contribution is -0.139. The van der Waals surface area contributed by atoms with Crippen molar-refractivity contribution >= 4 is 39.3 Å². The first kappa shape index (κ1) is 23.4. The number of carbonyl (C=O) groups excluding carboxylic acids is 1. The summed E-state index contributed by atoms with van der Waals surface area (Å²) in [7, 11) is 1.58. The van der Waals surface area contributed by atoms with Gasteiger partial charge < -0.3 is 18.9 Å².